The Morgan fingerprint density at radius 2 is 1.11 bits per heavy atom. The van der Waals surface area contributed by atoms with E-state index >= 15 is 0 Å². The SMILES string of the molecule is COCC(=O)OCCCCCCOC(=O)COC. The van der Waals surface area contributed by atoms with Crippen molar-refractivity contribution < 1.29 is 28.5 Å². The van der Waals surface area contributed by atoms with Gasteiger partial charge in [0, 0.05) is 14.2 Å². The fourth-order valence-corrected chi connectivity index (χ4v) is 1.25. The normalized spacial score (nSPS) is 10.1. The van der Waals surface area contributed by atoms with E-state index in [4.69, 9.17) is 9.47 Å². The number of methoxy groups -OCH3 is 2. The van der Waals surface area contributed by atoms with Crippen molar-refractivity contribution in [2.75, 3.05) is 40.6 Å². The van der Waals surface area contributed by atoms with E-state index in [2.05, 4.69) is 9.47 Å². The number of carbonyl (C=O) groups is 2. The van der Waals surface area contributed by atoms with Crippen molar-refractivity contribution in [3.8, 4) is 0 Å². The minimum Gasteiger partial charge on any atom is -0.464 e. The lowest BCUT2D eigenvalue weighted by molar-refractivity contribution is -0.149. The predicted octanol–water partition coefficient (Wildman–Crippen LogP) is 0.926. The number of rotatable bonds is 11. The second-order valence-corrected chi connectivity index (χ2v) is 3.72. The summed E-state index contributed by atoms with van der Waals surface area (Å²) in [5, 5.41) is 0. The first-order valence-electron chi connectivity index (χ1n) is 5.99. The number of ether oxygens (including phenoxy) is 4. The molecule has 0 bridgehead atoms. The van der Waals surface area contributed by atoms with E-state index in [1.54, 1.807) is 0 Å². The molecule has 0 saturated carbocycles. The lowest BCUT2D eigenvalue weighted by Gasteiger charge is -2.05. The van der Waals surface area contributed by atoms with Crippen LogP contribution in [0.1, 0.15) is 25.7 Å². The molecule has 6 nitrogen and oxygen atoms in total. The van der Waals surface area contributed by atoms with Gasteiger partial charge in [-0.25, -0.2) is 9.59 Å². The Balaban J connectivity index is 3.16. The molecule has 0 aromatic rings. The summed E-state index contributed by atoms with van der Waals surface area (Å²) in [7, 11) is 2.90. The van der Waals surface area contributed by atoms with Gasteiger partial charge in [-0.3, -0.25) is 0 Å². The van der Waals surface area contributed by atoms with Crippen molar-refractivity contribution in [2.24, 2.45) is 0 Å². The number of hydrogen-bond acceptors (Lipinski definition) is 6. The second kappa shape index (κ2) is 12.3. The average molecular weight is 262 g/mol. The Morgan fingerprint density at radius 1 is 0.722 bits per heavy atom. The van der Waals surface area contributed by atoms with Crippen LogP contribution in [0.2, 0.25) is 0 Å². The molecule has 0 aromatic carbocycles. The second-order valence-electron chi connectivity index (χ2n) is 3.72. The van der Waals surface area contributed by atoms with E-state index in [9.17, 15) is 9.59 Å². The van der Waals surface area contributed by atoms with E-state index < -0.39 is 0 Å². The van der Waals surface area contributed by atoms with Gasteiger partial charge in [0.25, 0.3) is 0 Å². The third-order valence-electron chi connectivity index (χ3n) is 2.09. The molecule has 0 aliphatic carbocycles. The maximum atomic E-state index is 10.9. The predicted molar refractivity (Wildman–Crippen MR) is 64.1 cm³/mol. The minimum atomic E-state index is -0.342. The third kappa shape index (κ3) is 11.3. The summed E-state index contributed by atoms with van der Waals surface area (Å²) in [6.45, 7) is 0.808. The number of hydrogen-bond donors (Lipinski definition) is 0. The van der Waals surface area contributed by atoms with Crippen LogP contribution >= 0.6 is 0 Å². The summed E-state index contributed by atoms with van der Waals surface area (Å²) in [5.41, 5.74) is 0. The Bertz CT molecular complexity index is 205. The van der Waals surface area contributed by atoms with Crippen LogP contribution in [-0.2, 0) is 28.5 Å². The monoisotopic (exact) mass is 262 g/mol. The summed E-state index contributed by atoms with van der Waals surface area (Å²) in [5.74, 6) is -0.683. The molecule has 106 valence electrons. The molecule has 0 heterocycles. The van der Waals surface area contributed by atoms with Gasteiger partial charge in [0.05, 0.1) is 13.2 Å². The largest absolute Gasteiger partial charge is 0.464 e. The van der Waals surface area contributed by atoms with Crippen LogP contribution in [-0.4, -0.2) is 52.6 Å². The van der Waals surface area contributed by atoms with Crippen molar-refractivity contribution in [3.05, 3.63) is 0 Å². The lowest BCUT2D eigenvalue weighted by atomic mass is 10.2. The van der Waals surface area contributed by atoms with E-state index in [0.29, 0.717) is 13.2 Å². The van der Waals surface area contributed by atoms with Gasteiger partial charge in [-0.1, -0.05) is 0 Å². The average Bonchev–Trinajstić information content (AvgIpc) is 2.33. The topological polar surface area (TPSA) is 71.1 Å². The summed E-state index contributed by atoms with van der Waals surface area (Å²) in [6, 6.07) is 0. The van der Waals surface area contributed by atoms with Crippen molar-refractivity contribution in [2.45, 2.75) is 25.7 Å². The van der Waals surface area contributed by atoms with Crippen molar-refractivity contribution in [1.29, 1.82) is 0 Å². The summed E-state index contributed by atoms with van der Waals surface area (Å²) in [4.78, 5) is 21.8. The first kappa shape index (κ1) is 16.9. The van der Waals surface area contributed by atoms with Gasteiger partial charge in [-0.05, 0) is 25.7 Å². The number of esters is 2. The highest BCUT2D eigenvalue weighted by Crippen LogP contribution is 2.01. The number of carbonyl (C=O) groups excluding carboxylic acids is 2. The van der Waals surface area contributed by atoms with Crippen molar-refractivity contribution >= 4 is 11.9 Å². The maximum absolute atomic E-state index is 10.9. The van der Waals surface area contributed by atoms with Crippen LogP contribution in [0.15, 0.2) is 0 Å². The first-order valence-corrected chi connectivity index (χ1v) is 5.99. The fraction of sp³-hybridized carbons (Fsp3) is 0.833. The zero-order chi connectivity index (χ0) is 13.6. The van der Waals surface area contributed by atoms with E-state index in [1.165, 1.54) is 14.2 Å². The molecule has 0 aromatic heterocycles. The van der Waals surface area contributed by atoms with Gasteiger partial charge in [0.1, 0.15) is 13.2 Å². The molecule has 0 spiro atoms. The molecule has 0 atom stereocenters. The molecule has 0 radical (unpaired) electrons. The Kier molecular flexibility index (Phi) is 11.5. The molecular weight excluding hydrogens is 240 g/mol. The maximum Gasteiger partial charge on any atom is 0.332 e. The molecule has 0 rings (SSSR count). The highest BCUT2D eigenvalue weighted by Gasteiger charge is 2.02. The van der Waals surface area contributed by atoms with Crippen LogP contribution in [0, 0.1) is 0 Å². The third-order valence-corrected chi connectivity index (χ3v) is 2.09. The fourth-order valence-electron chi connectivity index (χ4n) is 1.25. The molecule has 0 N–H and O–H groups in total. The van der Waals surface area contributed by atoms with E-state index in [-0.39, 0.29) is 25.2 Å². The number of unbranched alkanes of at least 4 members (excludes halogenated alkanes) is 3. The zero-order valence-electron chi connectivity index (χ0n) is 11.1. The Morgan fingerprint density at radius 3 is 1.44 bits per heavy atom. The van der Waals surface area contributed by atoms with E-state index in [1.807, 2.05) is 0 Å². The lowest BCUT2D eigenvalue weighted by Crippen LogP contribution is -2.12. The molecular formula is C12H22O6. The van der Waals surface area contributed by atoms with E-state index in [0.717, 1.165) is 25.7 Å². The highest BCUT2D eigenvalue weighted by molar-refractivity contribution is 5.70. The Hall–Kier alpha value is -1.14. The molecule has 0 saturated heterocycles. The zero-order valence-corrected chi connectivity index (χ0v) is 11.1. The van der Waals surface area contributed by atoms with Crippen molar-refractivity contribution in [3.63, 3.8) is 0 Å². The standard InChI is InChI=1S/C12H22O6/c1-15-9-11(13)17-7-5-3-4-6-8-18-12(14)10-16-2/h3-10H2,1-2H3. The van der Waals surface area contributed by atoms with Crippen LogP contribution in [0.4, 0.5) is 0 Å². The van der Waals surface area contributed by atoms with Gasteiger partial charge in [-0.15, -0.1) is 0 Å². The quantitative estimate of drug-likeness (QED) is 0.407. The minimum absolute atomic E-state index is 0.00451. The van der Waals surface area contributed by atoms with Gasteiger partial charge < -0.3 is 18.9 Å². The Labute approximate surface area is 108 Å². The van der Waals surface area contributed by atoms with Crippen LogP contribution < -0.4 is 0 Å². The summed E-state index contributed by atoms with van der Waals surface area (Å²) in [6.07, 6.45) is 3.48. The highest BCUT2D eigenvalue weighted by atomic mass is 16.6. The molecule has 0 fully saturated rings. The molecule has 0 amide bonds. The molecule has 0 unspecified atom stereocenters. The van der Waals surface area contributed by atoms with Gasteiger partial charge in [-0.2, -0.15) is 0 Å². The molecule has 18 heavy (non-hydrogen) atoms. The van der Waals surface area contributed by atoms with Crippen LogP contribution in [0.3, 0.4) is 0 Å². The van der Waals surface area contributed by atoms with Gasteiger partial charge in [0.2, 0.25) is 0 Å². The van der Waals surface area contributed by atoms with Crippen molar-refractivity contribution in [1.82, 2.24) is 0 Å². The molecule has 0 aliphatic heterocycles. The summed E-state index contributed by atoms with van der Waals surface area (Å²) >= 11 is 0. The van der Waals surface area contributed by atoms with Gasteiger partial charge in [0.15, 0.2) is 0 Å². The smallest absolute Gasteiger partial charge is 0.332 e. The van der Waals surface area contributed by atoms with Crippen LogP contribution in [0.5, 0.6) is 0 Å². The van der Waals surface area contributed by atoms with Gasteiger partial charge >= 0.3 is 11.9 Å². The molecule has 6 heteroatoms. The molecule has 0 aliphatic rings. The van der Waals surface area contributed by atoms with Crippen LogP contribution in [0.25, 0.3) is 0 Å². The summed E-state index contributed by atoms with van der Waals surface area (Å²) < 4.78 is 19.0. The first-order chi connectivity index (χ1) is 8.70.